The van der Waals surface area contributed by atoms with Crippen molar-refractivity contribution in [1.82, 2.24) is 0 Å². The molecule has 0 saturated heterocycles. The minimum atomic E-state index is -4.00. The molecule has 0 rings (SSSR count). The third-order valence-corrected chi connectivity index (χ3v) is 2.61. The van der Waals surface area contributed by atoms with E-state index in [1.165, 1.54) is 0 Å². The summed E-state index contributed by atoms with van der Waals surface area (Å²) < 4.78 is 39.9. The Hall–Kier alpha value is -0.0331. The average Bonchev–Trinajstić information content (AvgIpc) is 1.94. The number of unbranched alkanes of at least 4 members (excludes halogenated alkanes) is 1. The monoisotopic (exact) mass is 200 g/mol. The van der Waals surface area contributed by atoms with E-state index < -0.39 is 22.4 Å². The lowest BCUT2D eigenvalue weighted by Gasteiger charge is -2.05. The third kappa shape index (κ3) is 9.97. The van der Waals surface area contributed by atoms with Gasteiger partial charge in [0.2, 0.25) is 0 Å². The van der Waals surface area contributed by atoms with Crippen LogP contribution in [0.5, 0.6) is 0 Å². The van der Waals surface area contributed by atoms with Gasteiger partial charge in [0.15, 0.2) is 9.76 Å². The van der Waals surface area contributed by atoms with Gasteiger partial charge >= 0.3 is 6.18 Å². The van der Waals surface area contributed by atoms with Crippen molar-refractivity contribution in [1.29, 1.82) is 0 Å². The van der Waals surface area contributed by atoms with Crippen LogP contribution >= 0.6 is 0 Å². The van der Waals surface area contributed by atoms with E-state index in [1.807, 2.05) is 6.92 Å². The van der Waals surface area contributed by atoms with Gasteiger partial charge in [0.1, 0.15) is 0 Å². The van der Waals surface area contributed by atoms with E-state index in [2.05, 4.69) is 0 Å². The largest absolute Gasteiger partial charge is 0.424 e. The van der Waals surface area contributed by atoms with Gasteiger partial charge in [0.25, 0.3) is 0 Å². The predicted octanol–water partition coefficient (Wildman–Crippen LogP) is 2.26. The number of hydrogen-bond donors (Lipinski definition) is 0. The van der Waals surface area contributed by atoms with E-state index in [-0.39, 0.29) is 6.04 Å². The molecule has 74 valence electrons. The lowest BCUT2D eigenvalue weighted by Crippen LogP contribution is -2.10. The van der Waals surface area contributed by atoms with Crippen LogP contribution in [0.3, 0.4) is 0 Å². The first-order valence-corrected chi connectivity index (χ1v) is 5.78. The first kappa shape index (κ1) is 12.0. The maximum Gasteiger partial charge on any atom is 0.388 e. The van der Waals surface area contributed by atoms with Gasteiger partial charge in [-0.25, -0.2) is 0 Å². The number of hydrogen-bond acceptors (Lipinski definition) is 1. The summed E-state index contributed by atoms with van der Waals surface area (Å²) in [5.74, 6) is 0. The van der Waals surface area contributed by atoms with Crippen LogP contribution in [0.25, 0.3) is 0 Å². The third-order valence-electron chi connectivity index (χ3n) is 1.39. The van der Waals surface area contributed by atoms with Gasteiger partial charge in [-0.05, 0) is 12.5 Å². The van der Waals surface area contributed by atoms with Gasteiger partial charge < -0.3 is 4.43 Å². The zero-order chi connectivity index (χ0) is 9.45. The second kappa shape index (κ2) is 6.48. The molecule has 0 aromatic rings. The van der Waals surface area contributed by atoms with E-state index in [9.17, 15) is 13.2 Å². The summed E-state index contributed by atoms with van der Waals surface area (Å²) >= 11 is 0. The Bertz CT molecular complexity index is 105. The van der Waals surface area contributed by atoms with Crippen LogP contribution in [0, 0.1) is 0 Å². The van der Waals surface area contributed by atoms with Crippen LogP contribution < -0.4 is 0 Å². The SMILES string of the molecule is CCCCO[SiH2]CCC(F)(F)F. The molecule has 0 heterocycles. The second-order valence-corrected chi connectivity index (χ2v) is 4.21. The predicted molar refractivity (Wildman–Crippen MR) is 44.9 cm³/mol. The van der Waals surface area contributed by atoms with Crippen LogP contribution in [-0.4, -0.2) is 22.5 Å². The molecule has 0 aromatic carbocycles. The Morgan fingerprint density at radius 1 is 1.33 bits per heavy atom. The van der Waals surface area contributed by atoms with E-state index in [0.29, 0.717) is 6.61 Å². The molecule has 0 amide bonds. The Balaban J connectivity index is 3.01. The molecule has 0 aromatic heterocycles. The molecule has 1 nitrogen and oxygen atoms in total. The fraction of sp³-hybridized carbons (Fsp3) is 1.00. The molecule has 0 fully saturated rings. The smallest absolute Gasteiger partial charge is 0.388 e. The van der Waals surface area contributed by atoms with Crippen molar-refractivity contribution in [2.45, 2.75) is 38.4 Å². The number of alkyl halides is 3. The van der Waals surface area contributed by atoms with Gasteiger partial charge in [-0.3, -0.25) is 0 Å². The second-order valence-electron chi connectivity index (χ2n) is 2.68. The van der Waals surface area contributed by atoms with Crippen molar-refractivity contribution in [2.24, 2.45) is 0 Å². The van der Waals surface area contributed by atoms with Crippen molar-refractivity contribution in [3.8, 4) is 0 Å². The van der Waals surface area contributed by atoms with Crippen molar-refractivity contribution < 1.29 is 17.6 Å². The minimum Gasteiger partial charge on any atom is -0.424 e. The number of rotatable bonds is 6. The van der Waals surface area contributed by atoms with Crippen molar-refractivity contribution in [2.75, 3.05) is 6.61 Å². The molecular formula is C7H15F3OSi. The van der Waals surface area contributed by atoms with Gasteiger partial charge in [0.05, 0.1) is 0 Å². The normalized spacial score (nSPS) is 13.0. The van der Waals surface area contributed by atoms with Gasteiger partial charge in [-0.1, -0.05) is 13.3 Å². The highest BCUT2D eigenvalue weighted by atomic mass is 28.2. The molecule has 0 aliphatic heterocycles. The molecular weight excluding hydrogens is 185 g/mol. The topological polar surface area (TPSA) is 9.23 Å². The summed E-state index contributed by atoms with van der Waals surface area (Å²) in [4.78, 5) is 0. The van der Waals surface area contributed by atoms with Crippen molar-refractivity contribution in [3.63, 3.8) is 0 Å². The van der Waals surface area contributed by atoms with Crippen LogP contribution in [0.1, 0.15) is 26.2 Å². The molecule has 0 spiro atoms. The highest BCUT2D eigenvalue weighted by molar-refractivity contribution is 6.26. The Labute approximate surface area is 73.2 Å². The summed E-state index contributed by atoms with van der Waals surface area (Å²) in [6.45, 7) is 2.67. The Morgan fingerprint density at radius 2 is 2.00 bits per heavy atom. The zero-order valence-electron chi connectivity index (χ0n) is 7.28. The van der Waals surface area contributed by atoms with Gasteiger partial charge in [-0.15, -0.1) is 0 Å². The summed E-state index contributed by atoms with van der Waals surface area (Å²) in [6.07, 6.45) is -2.68. The molecule has 0 bridgehead atoms. The fourth-order valence-electron chi connectivity index (χ4n) is 0.723. The molecule has 0 aliphatic carbocycles. The lowest BCUT2D eigenvalue weighted by molar-refractivity contribution is -0.130. The first-order chi connectivity index (χ1) is 5.56. The van der Waals surface area contributed by atoms with E-state index >= 15 is 0 Å². The molecule has 5 heteroatoms. The Morgan fingerprint density at radius 3 is 2.50 bits per heavy atom. The molecule has 12 heavy (non-hydrogen) atoms. The van der Waals surface area contributed by atoms with Crippen LogP contribution in [0.2, 0.25) is 6.04 Å². The maximum absolute atomic E-state index is 11.6. The number of halogens is 3. The maximum atomic E-state index is 11.6. The standard InChI is InChI=1S/C7H15F3OSi/c1-2-3-5-11-12-6-4-7(8,9)10/h2-6,12H2,1H3. The first-order valence-electron chi connectivity index (χ1n) is 4.20. The molecule has 0 atom stereocenters. The fourth-order valence-corrected chi connectivity index (χ4v) is 1.88. The van der Waals surface area contributed by atoms with E-state index in [1.54, 1.807) is 0 Å². The summed E-state index contributed by atoms with van der Waals surface area (Å²) in [7, 11) is -0.909. The molecule has 0 radical (unpaired) electrons. The zero-order valence-corrected chi connectivity index (χ0v) is 8.70. The summed E-state index contributed by atoms with van der Waals surface area (Å²) in [5.41, 5.74) is 0. The van der Waals surface area contributed by atoms with E-state index in [0.717, 1.165) is 12.8 Å². The highest BCUT2D eigenvalue weighted by Gasteiger charge is 2.25. The minimum absolute atomic E-state index is 0.215. The lowest BCUT2D eigenvalue weighted by atomic mass is 10.4. The van der Waals surface area contributed by atoms with Crippen LogP contribution in [0.4, 0.5) is 13.2 Å². The molecule has 0 N–H and O–H groups in total. The molecule has 0 saturated carbocycles. The molecule has 0 unspecified atom stereocenters. The average molecular weight is 200 g/mol. The van der Waals surface area contributed by atoms with Crippen molar-refractivity contribution in [3.05, 3.63) is 0 Å². The summed E-state index contributed by atoms with van der Waals surface area (Å²) in [6, 6.07) is 0.215. The van der Waals surface area contributed by atoms with Crippen LogP contribution in [-0.2, 0) is 4.43 Å². The summed E-state index contributed by atoms with van der Waals surface area (Å²) in [5, 5.41) is 0. The van der Waals surface area contributed by atoms with Crippen molar-refractivity contribution >= 4 is 9.76 Å². The van der Waals surface area contributed by atoms with Gasteiger partial charge in [-0.2, -0.15) is 13.2 Å². The Kier molecular flexibility index (Phi) is 6.46. The van der Waals surface area contributed by atoms with Gasteiger partial charge in [0, 0.05) is 13.0 Å². The van der Waals surface area contributed by atoms with E-state index in [4.69, 9.17) is 4.43 Å². The molecule has 0 aliphatic rings. The quantitative estimate of drug-likeness (QED) is 0.472. The van der Waals surface area contributed by atoms with Crippen LogP contribution in [0.15, 0.2) is 0 Å². The highest BCUT2D eigenvalue weighted by Crippen LogP contribution is 2.21.